The standard InChI is InChI=1S/C23H21ClN4O2/c1-30-18-12-10-17(11-13-18)25-23(29)28-27-22-14-21(15-6-8-16(24)9-7-15)26-20-5-3-2-4-19(20)22/h2-13,21,26H,14H2,1H3,(H2,25,28,29). The van der Waals surface area contributed by atoms with Crippen LogP contribution in [0.2, 0.25) is 5.02 Å². The van der Waals surface area contributed by atoms with E-state index in [1.165, 1.54) is 0 Å². The average Bonchev–Trinajstić information content (AvgIpc) is 2.78. The molecule has 1 unspecified atom stereocenters. The third-order valence-corrected chi connectivity index (χ3v) is 5.13. The first-order chi connectivity index (χ1) is 14.6. The lowest BCUT2D eigenvalue weighted by Crippen LogP contribution is -2.29. The summed E-state index contributed by atoms with van der Waals surface area (Å²) >= 11 is 6.02. The van der Waals surface area contributed by atoms with Crippen molar-refractivity contribution in [3.63, 3.8) is 0 Å². The van der Waals surface area contributed by atoms with E-state index in [-0.39, 0.29) is 6.04 Å². The number of anilines is 2. The highest BCUT2D eigenvalue weighted by molar-refractivity contribution is 6.30. The fourth-order valence-corrected chi connectivity index (χ4v) is 3.48. The van der Waals surface area contributed by atoms with Gasteiger partial charge in [0.25, 0.3) is 0 Å². The average molecular weight is 421 g/mol. The van der Waals surface area contributed by atoms with E-state index in [2.05, 4.69) is 21.2 Å². The molecular formula is C23H21ClN4O2. The molecule has 0 spiro atoms. The number of rotatable bonds is 4. The molecule has 1 heterocycles. The SMILES string of the molecule is COc1ccc(NC(=O)NN=C2CC(c3ccc(Cl)cc3)Nc3ccccc32)cc1. The van der Waals surface area contributed by atoms with Gasteiger partial charge in [0, 0.05) is 28.4 Å². The van der Waals surface area contributed by atoms with Gasteiger partial charge in [-0.25, -0.2) is 10.2 Å². The van der Waals surface area contributed by atoms with Gasteiger partial charge in [-0.15, -0.1) is 0 Å². The maximum atomic E-state index is 12.3. The normalized spacial score (nSPS) is 16.3. The Balaban J connectivity index is 1.51. The Morgan fingerprint density at radius 2 is 1.80 bits per heavy atom. The number of urea groups is 1. The van der Waals surface area contributed by atoms with Gasteiger partial charge in [0.05, 0.1) is 18.9 Å². The van der Waals surface area contributed by atoms with Crippen LogP contribution in [0.4, 0.5) is 16.2 Å². The second-order valence-corrected chi connectivity index (χ2v) is 7.29. The van der Waals surface area contributed by atoms with Crippen LogP contribution in [-0.4, -0.2) is 18.9 Å². The maximum absolute atomic E-state index is 12.3. The molecule has 152 valence electrons. The Hall–Kier alpha value is -3.51. The van der Waals surface area contributed by atoms with E-state index in [4.69, 9.17) is 16.3 Å². The summed E-state index contributed by atoms with van der Waals surface area (Å²) in [5.41, 5.74) is 7.10. The van der Waals surface area contributed by atoms with E-state index in [0.717, 1.165) is 28.3 Å². The van der Waals surface area contributed by atoms with Gasteiger partial charge in [0.1, 0.15) is 5.75 Å². The van der Waals surface area contributed by atoms with Crippen molar-refractivity contribution >= 4 is 34.7 Å². The van der Waals surface area contributed by atoms with Crippen molar-refractivity contribution in [1.29, 1.82) is 0 Å². The van der Waals surface area contributed by atoms with Crippen molar-refractivity contribution in [3.05, 3.63) is 88.9 Å². The van der Waals surface area contributed by atoms with Gasteiger partial charge in [0.2, 0.25) is 0 Å². The lowest BCUT2D eigenvalue weighted by molar-refractivity contribution is 0.252. The molecular weight excluding hydrogens is 400 g/mol. The van der Waals surface area contributed by atoms with Crippen molar-refractivity contribution in [3.8, 4) is 5.75 Å². The number of hydrogen-bond donors (Lipinski definition) is 3. The monoisotopic (exact) mass is 420 g/mol. The molecule has 0 aliphatic carbocycles. The molecule has 0 saturated carbocycles. The van der Waals surface area contributed by atoms with Gasteiger partial charge in [-0.1, -0.05) is 41.9 Å². The molecule has 6 nitrogen and oxygen atoms in total. The number of amides is 2. The van der Waals surface area contributed by atoms with Gasteiger partial charge >= 0.3 is 6.03 Å². The summed E-state index contributed by atoms with van der Waals surface area (Å²) in [5.74, 6) is 0.723. The molecule has 0 aromatic heterocycles. The van der Waals surface area contributed by atoms with Crippen LogP contribution in [0.25, 0.3) is 0 Å². The summed E-state index contributed by atoms with van der Waals surface area (Å²) in [7, 11) is 1.60. The minimum absolute atomic E-state index is 0.0300. The van der Waals surface area contributed by atoms with E-state index >= 15 is 0 Å². The molecule has 1 aliphatic rings. The second kappa shape index (κ2) is 8.88. The summed E-state index contributed by atoms with van der Waals surface area (Å²) in [6.07, 6.45) is 0.626. The summed E-state index contributed by atoms with van der Waals surface area (Å²) in [4.78, 5) is 12.3. The van der Waals surface area contributed by atoms with Crippen LogP contribution in [0.5, 0.6) is 5.75 Å². The van der Waals surface area contributed by atoms with Crippen molar-refractivity contribution in [2.75, 3.05) is 17.7 Å². The van der Waals surface area contributed by atoms with Gasteiger partial charge in [-0.3, -0.25) is 0 Å². The lowest BCUT2D eigenvalue weighted by atomic mass is 9.92. The van der Waals surface area contributed by atoms with Crippen LogP contribution in [0, 0.1) is 0 Å². The number of hydrogen-bond acceptors (Lipinski definition) is 4. The number of hydrazone groups is 1. The molecule has 0 bridgehead atoms. The van der Waals surface area contributed by atoms with Crippen LogP contribution < -0.4 is 20.8 Å². The molecule has 3 N–H and O–H groups in total. The van der Waals surface area contributed by atoms with E-state index in [0.29, 0.717) is 17.1 Å². The van der Waals surface area contributed by atoms with Crippen LogP contribution in [-0.2, 0) is 0 Å². The zero-order valence-electron chi connectivity index (χ0n) is 16.4. The molecule has 3 aromatic rings. The topological polar surface area (TPSA) is 74.8 Å². The number of methoxy groups -OCH3 is 1. The highest BCUT2D eigenvalue weighted by Crippen LogP contribution is 2.33. The van der Waals surface area contributed by atoms with Crippen LogP contribution >= 0.6 is 11.6 Å². The Labute approximate surface area is 179 Å². The van der Waals surface area contributed by atoms with E-state index in [9.17, 15) is 4.79 Å². The van der Waals surface area contributed by atoms with E-state index < -0.39 is 6.03 Å². The number of para-hydroxylation sites is 1. The smallest absolute Gasteiger partial charge is 0.339 e. The predicted molar refractivity (Wildman–Crippen MR) is 121 cm³/mol. The molecule has 0 fully saturated rings. The van der Waals surface area contributed by atoms with Crippen molar-refractivity contribution < 1.29 is 9.53 Å². The van der Waals surface area contributed by atoms with E-state index in [1.54, 1.807) is 31.4 Å². The molecule has 7 heteroatoms. The molecule has 30 heavy (non-hydrogen) atoms. The molecule has 0 saturated heterocycles. The molecule has 1 aliphatic heterocycles. The van der Waals surface area contributed by atoms with Gasteiger partial charge in [0.15, 0.2) is 0 Å². The Morgan fingerprint density at radius 1 is 1.07 bits per heavy atom. The summed E-state index contributed by atoms with van der Waals surface area (Å²) in [5, 5.41) is 11.4. The number of carbonyl (C=O) groups excluding carboxylic acids is 1. The Kier molecular flexibility index (Phi) is 5.86. The fourth-order valence-electron chi connectivity index (χ4n) is 3.36. The van der Waals surface area contributed by atoms with Crippen molar-refractivity contribution in [2.24, 2.45) is 5.10 Å². The number of nitrogens with one attached hydrogen (secondary N) is 3. The molecule has 2 amide bonds. The van der Waals surface area contributed by atoms with Gasteiger partial charge in [-0.05, 0) is 48.0 Å². The highest BCUT2D eigenvalue weighted by atomic mass is 35.5. The largest absolute Gasteiger partial charge is 0.497 e. The summed E-state index contributed by atoms with van der Waals surface area (Å²) < 4.78 is 5.12. The minimum atomic E-state index is -0.410. The number of benzene rings is 3. The van der Waals surface area contributed by atoms with Crippen LogP contribution in [0.1, 0.15) is 23.6 Å². The van der Waals surface area contributed by atoms with Crippen molar-refractivity contribution in [2.45, 2.75) is 12.5 Å². The molecule has 1 atom stereocenters. The van der Waals surface area contributed by atoms with Gasteiger partial charge < -0.3 is 15.4 Å². The van der Waals surface area contributed by atoms with E-state index in [1.807, 2.05) is 48.5 Å². The second-order valence-electron chi connectivity index (χ2n) is 6.85. The first-order valence-electron chi connectivity index (χ1n) is 9.51. The maximum Gasteiger partial charge on any atom is 0.339 e. The molecule has 4 rings (SSSR count). The summed E-state index contributed by atoms with van der Waals surface area (Å²) in [6, 6.07) is 22.4. The highest BCUT2D eigenvalue weighted by Gasteiger charge is 2.24. The first-order valence-corrected chi connectivity index (χ1v) is 9.89. The third-order valence-electron chi connectivity index (χ3n) is 4.88. The van der Waals surface area contributed by atoms with Crippen molar-refractivity contribution in [1.82, 2.24) is 5.43 Å². The molecule has 0 radical (unpaired) electrons. The molecule has 3 aromatic carbocycles. The number of fused-ring (bicyclic) bond motifs is 1. The minimum Gasteiger partial charge on any atom is -0.497 e. The first kappa shape index (κ1) is 19.8. The number of carbonyl (C=O) groups is 1. The Bertz CT molecular complexity index is 1070. The fraction of sp³-hybridized carbons (Fsp3) is 0.130. The summed E-state index contributed by atoms with van der Waals surface area (Å²) in [6.45, 7) is 0. The van der Waals surface area contributed by atoms with Crippen LogP contribution in [0.3, 0.4) is 0 Å². The number of halogens is 1. The van der Waals surface area contributed by atoms with Gasteiger partial charge in [-0.2, -0.15) is 5.10 Å². The number of nitrogens with zero attached hydrogens (tertiary/aromatic N) is 1. The van der Waals surface area contributed by atoms with Crippen LogP contribution in [0.15, 0.2) is 77.9 Å². The quantitative estimate of drug-likeness (QED) is 0.492. The zero-order valence-corrected chi connectivity index (χ0v) is 17.1. The lowest BCUT2D eigenvalue weighted by Gasteiger charge is -2.28. The predicted octanol–water partition coefficient (Wildman–Crippen LogP) is 5.43. The third kappa shape index (κ3) is 4.55. The Morgan fingerprint density at radius 3 is 2.53 bits per heavy atom. The zero-order chi connectivity index (χ0) is 20.9. The number of ether oxygens (including phenoxy) is 1.